The maximum atomic E-state index is 5.46. The molecular weight excluding hydrogens is 197 g/mol. The molecule has 5 heteroatoms. The van der Waals surface area contributed by atoms with Gasteiger partial charge in [-0.3, -0.25) is 0 Å². The molecule has 0 fully saturated rings. The van der Waals surface area contributed by atoms with Crippen molar-refractivity contribution in [3.05, 3.63) is 30.6 Å². The van der Waals surface area contributed by atoms with Gasteiger partial charge < -0.3 is 10.1 Å². The molecule has 0 bridgehead atoms. The minimum absolute atomic E-state index is 0. The number of aromatic nitrogens is 2. The minimum Gasteiger partial charge on any atom is -0.382 e. The van der Waals surface area contributed by atoms with E-state index in [2.05, 4.69) is 4.98 Å². The lowest BCUT2D eigenvalue weighted by molar-refractivity contribution is 1.19. The molecule has 2 aromatic rings. The zero-order valence-corrected chi connectivity index (χ0v) is 7.81. The summed E-state index contributed by atoms with van der Waals surface area (Å²) in [6, 6.07) is 5.78. The summed E-state index contributed by atoms with van der Waals surface area (Å²) >= 11 is 0. The molecule has 0 atom stereocenters. The van der Waals surface area contributed by atoms with E-state index in [1.807, 2.05) is 28.8 Å². The lowest BCUT2D eigenvalue weighted by Crippen LogP contribution is -1.80. The maximum Gasteiger partial charge on any atom is 0.142 e. The van der Waals surface area contributed by atoms with Crippen LogP contribution in [0.5, 0.6) is 0 Å². The topological polar surface area (TPSA) is 43.3 Å². The monoisotopic (exact) mass is 205 g/mol. The molecule has 0 saturated heterocycles. The zero-order valence-electron chi connectivity index (χ0n) is 6.18. The minimum atomic E-state index is 0. The van der Waals surface area contributed by atoms with Gasteiger partial charge >= 0.3 is 0 Å². The average molecular weight is 206 g/mol. The summed E-state index contributed by atoms with van der Waals surface area (Å²) in [7, 11) is 0. The van der Waals surface area contributed by atoms with Crippen LogP contribution in [0.1, 0.15) is 0 Å². The summed E-state index contributed by atoms with van der Waals surface area (Å²) in [6.07, 6.45) is 3.70. The molecule has 12 heavy (non-hydrogen) atoms. The van der Waals surface area contributed by atoms with Crippen LogP contribution in [0.25, 0.3) is 5.65 Å². The summed E-state index contributed by atoms with van der Waals surface area (Å²) in [6.45, 7) is 0. The van der Waals surface area contributed by atoms with Gasteiger partial charge in [-0.25, -0.2) is 4.98 Å². The number of hydrogen-bond donors (Lipinski definition) is 1. The van der Waals surface area contributed by atoms with E-state index in [-0.39, 0.29) is 24.8 Å². The highest BCUT2D eigenvalue weighted by Gasteiger charge is 1.92. The number of nitrogens with two attached hydrogens (primary N) is 1. The van der Waals surface area contributed by atoms with Crippen LogP contribution in [-0.2, 0) is 0 Å². The maximum absolute atomic E-state index is 5.46. The van der Waals surface area contributed by atoms with Gasteiger partial charge in [0.2, 0.25) is 0 Å². The SMILES string of the molecule is Cl.Cl.Nc1cn2ccccc2n1. The fourth-order valence-electron chi connectivity index (χ4n) is 0.954. The van der Waals surface area contributed by atoms with Gasteiger partial charge in [-0.1, -0.05) is 6.07 Å². The first-order chi connectivity index (χ1) is 4.86. The van der Waals surface area contributed by atoms with Crippen LogP contribution in [0.2, 0.25) is 0 Å². The van der Waals surface area contributed by atoms with Crippen LogP contribution in [0.3, 0.4) is 0 Å². The molecule has 0 unspecified atom stereocenters. The zero-order chi connectivity index (χ0) is 6.97. The Labute approximate surface area is 82.4 Å². The third kappa shape index (κ3) is 1.81. The number of fused-ring (bicyclic) bond motifs is 1. The Kier molecular flexibility index (Phi) is 3.86. The first-order valence-corrected chi connectivity index (χ1v) is 3.05. The van der Waals surface area contributed by atoms with Crippen LogP contribution >= 0.6 is 24.8 Å². The number of pyridine rings is 1. The number of hydrogen-bond acceptors (Lipinski definition) is 2. The largest absolute Gasteiger partial charge is 0.382 e. The molecule has 0 aliphatic carbocycles. The smallest absolute Gasteiger partial charge is 0.142 e. The van der Waals surface area contributed by atoms with E-state index in [1.54, 1.807) is 6.20 Å². The molecule has 3 nitrogen and oxygen atoms in total. The molecule has 2 heterocycles. The van der Waals surface area contributed by atoms with Crippen molar-refractivity contribution in [1.29, 1.82) is 0 Å². The molecular formula is C7H9Cl2N3. The standard InChI is InChI=1S/C7H7N3.2ClH/c8-6-5-10-4-2-1-3-7(10)9-6;;/h1-5H,8H2;2*1H. The Morgan fingerprint density at radius 2 is 2.00 bits per heavy atom. The molecule has 0 aromatic carbocycles. The second-order valence-electron chi connectivity index (χ2n) is 2.13. The number of nitrogen functional groups attached to an aromatic ring is 1. The molecule has 0 saturated carbocycles. The number of rotatable bonds is 0. The molecule has 0 radical (unpaired) electrons. The highest BCUT2D eigenvalue weighted by atomic mass is 35.5. The van der Waals surface area contributed by atoms with Crippen molar-refractivity contribution in [2.45, 2.75) is 0 Å². The van der Waals surface area contributed by atoms with E-state index in [0.29, 0.717) is 5.82 Å². The molecule has 66 valence electrons. The Hall–Kier alpha value is -0.930. The third-order valence-electron chi connectivity index (χ3n) is 1.38. The Morgan fingerprint density at radius 1 is 1.25 bits per heavy atom. The van der Waals surface area contributed by atoms with E-state index < -0.39 is 0 Å². The second-order valence-corrected chi connectivity index (χ2v) is 2.13. The Bertz CT molecular complexity index is 325. The van der Waals surface area contributed by atoms with Crippen molar-refractivity contribution < 1.29 is 0 Å². The highest BCUT2D eigenvalue weighted by Crippen LogP contribution is 2.03. The van der Waals surface area contributed by atoms with Crippen LogP contribution in [0.15, 0.2) is 30.6 Å². The predicted octanol–water partition coefficient (Wildman–Crippen LogP) is 1.76. The van der Waals surface area contributed by atoms with Crippen molar-refractivity contribution in [3.63, 3.8) is 0 Å². The number of halogens is 2. The van der Waals surface area contributed by atoms with Crippen LogP contribution in [-0.4, -0.2) is 9.38 Å². The summed E-state index contributed by atoms with van der Waals surface area (Å²) < 4.78 is 1.88. The molecule has 0 aliphatic heterocycles. The fourth-order valence-corrected chi connectivity index (χ4v) is 0.954. The summed E-state index contributed by atoms with van der Waals surface area (Å²) in [4.78, 5) is 4.05. The number of anilines is 1. The molecule has 2 aromatic heterocycles. The quantitative estimate of drug-likeness (QED) is 0.713. The molecule has 0 amide bonds. The van der Waals surface area contributed by atoms with Gasteiger partial charge in [-0.15, -0.1) is 24.8 Å². The third-order valence-corrected chi connectivity index (χ3v) is 1.38. The lowest BCUT2D eigenvalue weighted by Gasteiger charge is -1.86. The first kappa shape index (κ1) is 11.1. The Morgan fingerprint density at radius 3 is 2.67 bits per heavy atom. The van der Waals surface area contributed by atoms with Gasteiger partial charge in [0.05, 0.1) is 6.20 Å². The van der Waals surface area contributed by atoms with Gasteiger partial charge in [0, 0.05) is 6.20 Å². The van der Waals surface area contributed by atoms with Crippen LogP contribution in [0.4, 0.5) is 5.82 Å². The Balaban J connectivity index is 0.000000605. The molecule has 0 spiro atoms. The van der Waals surface area contributed by atoms with Gasteiger partial charge in [-0.2, -0.15) is 0 Å². The highest BCUT2D eigenvalue weighted by molar-refractivity contribution is 5.85. The summed E-state index contributed by atoms with van der Waals surface area (Å²) in [5.74, 6) is 0.561. The normalized spacial score (nSPS) is 8.67. The summed E-state index contributed by atoms with van der Waals surface area (Å²) in [5, 5.41) is 0. The van der Waals surface area contributed by atoms with Crippen molar-refractivity contribution in [1.82, 2.24) is 9.38 Å². The molecule has 2 rings (SSSR count). The lowest BCUT2D eigenvalue weighted by atomic mass is 10.5. The first-order valence-electron chi connectivity index (χ1n) is 3.05. The van der Waals surface area contributed by atoms with Crippen LogP contribution < -0.4 is 5.73 Å². The van der Waals surface area contributed by atoms with E-state index in [9.17, 15) is 0 Å². The average Bonchev–Trinajstić information content (AvgIpc) is 2.27. The van der Waals surface area contributed by atoms with E-state index in [0.717, 1.165) is 5.65 Å². The molecule has 0 aliphatic rings. The van der Waals surface area contributed by atoms with E-state index >= 15 is 0 Å². The van der Waals surface area contributed by atoms with Crippen molar-refractivity contribution in [3.8, 4) is 0 Å². The van der Waals surface area contributed by atoms with Crippen molar-refractivity contribution in [2.24, 2.45) is 0 Å². The second kappa shape index (κ2) is 4.18. The van der Waals surface area contributed by atoms with Gasteiger partial charge in [0.1, 0.15) is 11.5 Å². The fraction of sp³-hybridized carbons (Fsp3) is 0. The van der Waals surface area contributed by atoms with E-state index in [4.69, 9.17) is 5.73 Å². The van der Waals surface area contributed by atoms with Crippen molar-refractivity contribution >= 4 is 36.3 Å². The van der Waals surface area contributed by atoms with Gasteiger partial charge in [-0.05, 0) is 12.1 Å². The van der Waals surface area contributed by atoms with E-state index in [1.165, 1.54) is 0 Å². The number of imidazole rings is 1. The number of nitrogens with zero attached hydrogens (tertiary/aromatic N) is 2. The predicted molar refractivity (Wildman–Crippen MR) is 54.1 cm³/mol. The van der Waals surface area contributed by atoms with Crippen molar-refractivity contribution in [2.75, 3.05) is 5.73 Å². The molecule has 2 N–H and O–H groups in total. The van der Waals surface area contributed by atoms with Gasteiger partial charge in [0.25, 0.3) is 0 Å². The van der Waals surface area contributed by atoms with Gasteiger partial charge in [0.15, 0.2) is 0 Å². The van der Waals surface area contributed by atoms with Crippen LogP contribution in [0, 0.1) is 0 Å². The summed E-state index contributed by atoms with van der Waals surface area (Å²) in [5.41, 5.74) is 6.35.